The highest BCUT2D eigenvalue weighted by molar-refractivity contribution is 7.07. The van der Waals surface area contributed by atoms with Crippen LogP contribution in [0.3, 0.4) is 0 Å². The van der Waals surface area contributed by atoms with Crippen LogP contribution in [0.1, 0.15) is 24.8 Å². The molecule has 1 saturated heterocycles. The first-order chi connectivity index (χ1) is 13.6. The third-order valence-electron chi connectivity index (χ3n) is 5.92. The van der Waals surface area contributed by atoms with Crippen LogP contribution in [0.25, 0.3) is 5.20 Å². The molecule has 0 unspecified atom stereocenters. The van der Waals surface area contributed by atoms with E-state index in [-0.39, 0.29) is 0 Å². The molecular weight excluding hydrogens is 368 g/mol. The summed E-state index contributed by atoms with van der Waals surface area (Å²) in [5.41, 5.74) is 1.18. The van der Waals surface area contributed by atoms with Gasteiger partial charge in [-0.25, -0.2) is 0 Å². The van der Waals surface area contributed by atoms with Gasteiger partial charge in [0.1, 0.15) is 31.1 Å². The van der Waals surface area contributed by atoms with E-state index in [0.29, 0.717) is 0 Å². The molecule has 2 aromatic carbocycles. The van der Waals surface area contributed by atoms with Crippen LogP contribution < -0.4 is 24.1 Å². The zero-order valence-corrected chi connectivity index (χ0v) is 18.3. The lowest BCUT2D eigenvalue weighted by atomic mass is 10.2. The molecule has 3 rings (SSSR count). The monoisotopic (exact) mass is 398 g/mol. The van der Waals surface area contributed by atoms with Crippen LogP contribution >= 0.6 is 0 Å². The molecule has 5 heteroatoms. The van der Waals surface area contributed by atoms with Gasteiger partial charge < -0.3 is 18.9 Å². The molecule has 0 amide bonds. The minimum Gasteiger partial charge on any atom is -0.497 e. The summed E-state index contributed by atoms with van der Waals surface area (Å²) >= 11 is 0. The molecule has 0 saturated carbocycles. The van der Waals surface area contributed by atoms with Gasteiger partial charge in [0, 0.05) is 17.3 Å². The van der Waals surface area contributed by atoms with Crippen LogP contribution in [-0.2, 0) is 0 Å². The predicted octanol–water partition coefficient (Wildman–Crippen LogP) is 4.81. The first-order valence-electron chi connectivity index (χ1n) is 9.74. The molecule has 4 nitrogen and oxygen atoms in total. The SMILES string of the molecule is C=C(c1ccc(OC)cc1)[Si]1(c2c(OC)cc(OC)cc2OC)CCCCC1. The molecule has 2 aromatic rings. The third kappa shape index (κ3) is 3.63. The van der Waals surface area contributed by atoms with Crippen molar-refractivity contribution in [3.63, 3.8) is 0 Å². The Labute approximate surface area is 169 Å². The maximum Gasteiger partial charge on any atom is 0.127 e. The van der Waals surface area contributed by atoms with E-state index in [1.54, 1.807) is 28.4 Å². The number of rotatable bonds is 7. The minimum atomic E-state index is -2.14. The van der Waals surface area contributed by atoms with Crippen LogP contribution in [-0.4, -0.2) is 36.5 Å². The standard InChI is InChI=1S/C23H30O4Si/c1-17(18-9-11-19(24-2)12-10-18)28(13-7-6-8-14-28)23-21(26-4)15-20(25-3)16-22(23)27-5/h9-12,15-16H,1,6-8,13-14H2,2-5H3. The van der Waals surface area contributed by atoms with Crippen molar-refractivity contribution in [1.29, 1.82) is 0 Å². The largest absolute Gasteiger partial charge is 0.497 e. The number of ether oxygens (including phenoxy) is 4. The molecule has 0 aromatic heterocycles. The zero-order chi connectivity index (χ0) is 20.1. The maximum absolute atomic E-state index is 5.84. The molecule has 150 valence electrons. The van der Waals surface area contributed by atoms with Crippen molar-refractivity contribution in [3.8, 4) is 23.0 Å². The van der Waals surface area contributed by atoms with E-state index >= 15 is 0 Å². The van der Waals surface area contributed by atoms with Gasteiger partial charge in [0.05, 0.1) is 28.4 Å². The maximum atomic E-state index is 5.84. The highest BCUT2D eigenvalue weighted by Gasteiger charge is 2.44. The van der Waals surface area contributed by atoms with Gasteiger partial charge in [-0.3, -0.25) is 0 Å². The number of methoxy groups -OCH3 is 4. The third-order valence-corrected chi connectivity index (χ3v) is 11.2. The Hall–Kier alpha value is -2.40. The molecule has 0 spiro atoms. The fourth-order valence-electron chi connectivity index (χ4n) is 4.40. The summed E-state index contributed by atoms with van der Waals surface area (Å²) in [6, 6.07) is 14.5. The van der Waals surface area contributed by atoms with Crippen LogP contribution in [0, 0.1) is 0 Å². The molecule has 0 radical (unpaired) electrons. The van der Waals surface area contributed by atoms with Crippen LogP contribution in [0.4, 0.5) is 0 Å². The Bertz CT molecular complexity index is 798. The summed E-state index contributed by atoms with van der Waals surface area (Å²) in [5, 5.41) is 2.44. The van der Waals surface area contributed by atoms with Crippen molar-refractivity contribution in [2.45, 2.75) is 31.4 Å². The molecule has 1 fully saturated rings. The van der Waals surface area contributed by atoms with Crippen molar-refractivity contribution >= 4 is 18.5 Å². The summed E-state index contributed by atoms with van der Waals surface area (Å²) in [6.45, 7) is 4.62. The molecule has 1 heterocycles. The van der Waals surface area contributed by atoms with Gasteiger partial charge in [0.25, 0.3) is 0 Å². The fourth-order valence-corrected chi connectivity index (χ4v) is 9.78. The van der Waals surface area contributed by atoms with Crippen molar-refractivity contribution in [1.82, 2.24) is 0 Å². The first-order valence-corrected chi connectivity index (χ1v) is 12.2. The Kier molecular flexibility index (Phi) is 6.34. The number of benzene rings is 2. The van der Waals surface area contributed by atoms with Crippen LogP contribution in [0.15, 0.2) is 43.0 Å². The van der Waals surface area contributed by atoms with E-state index in [4.69, 9.17) is 18.9 Å². The Morgan fingerprint density at radius 3 is 1.75 bits per heavy atom. The quantitative estimate of drug-likeness (QED) is 0.627. The van der Waals surface area contributed by atoms with Crippen LogP contribution in [0.2, 0.25) is 12.1 Å². The highest BCUT2D eigenvalue weighted by Crippen LogP contribution is 2.43. The van der Waals surface area contributed by atoms with E-state index in [1.165, 1.54) is 35.2 Å². The summed E-state index contributed by atoms with van der Waals surface area (Å²) < 4.78 is 22.5. The van der Waals surface area contributed by atoms with Gasteiger partial charge in [-0.15, -0.1) is 0 Å². The van der Waals surface area contributed by atoms with Gasteiger partial charge in [0.2, 0.25) is 0 Å². The van der Waals surface area contributed by atoms with Crippen LogP contribution in [0.5, 0.6) is 23.0 Å². The van der Waals surface area contributed by atoms with E-state index in [9.17, 15) is 0 Å². The second kappa shape index (κ2) is 8.74. The fraction of sp³-hybridized carbons (Fsp3) is 0.391. The molecule has 0 bridgehead atoms. The number of hydrogen-bond donors (Lipinski definition) is 0. The second-order valence-corrected chi connectivity index (χ2v) is 11.5. The minimum absolute atomic E-state index is 0.743. The lowest BCUT2D eigenvalue weighted by Crippen LogP contribution is -2.51. The summed E-state index contributed by atoms with van der Waals surface area (Å²) in [7, 11) is 4.66. The van der Waals surface area contributed by atoms with Crippen molar-refractivity contribution in [2.24, 2.45) is 0 Å². The lowest BCUT2D eigenvalue weighted by Gasteiger charge is -2.39. The molecule has 1 aliphatic rings. The van der Waals surface area contributed by atoms with Gasteiger partial charge in [0.15, 0.2) is 0 Å². The van der Waals surface area contributed by atoms with Gasteiger partial charge >= 0.3 is 0 Å². The van der Waals surface area contributed by atoms with E-state index in [1.807, 2.05) is 24.3 Å². The predicted molar refractivity (Wildman–Crippen MR) is 117 cm³/mol. The Morgan fingerprint density at radius 1 is 0.750 bits per heavy atom. The zero-order valence-electron chi connectivity index (χ0n) is 17.3. The lowest BCUT2D eigenvalue weighted by molar-refractivity contribution is 0.379. The van der Waals surface area contributed by atoms with E-state index in [0.717, 1.165) is 35.1 Å². The highest BCUT2D eigenvalue weighted by atomic mass is 28.3. The number of hydrogen-bond acceptors (Lipinski definition) is 4. The Morgan fingerprint density at radius 2 is 1.29 bits per heavy atom. The molecule has 0 aliphatic carbocycles. The smallest absolute Gasteiger partial charge is 0.127 e. The average molecular weight is 399 g/mol. The topological polar surface area (TPSA) is 36.9 Å². The molecular formula is C23H30O4Si. The van der Waals surface area contributed by atoms with E-state index in [2.05, 4.69) is 18.7 Å². The van der Waals surface area contributed by atoms with Gasteiger partial charge in [-0.1, -0.05) is 43.2 Å². The van der Waals surface area contributed by atoms with Crippen molar-refractivity contribution in [2.75, 3.05) is 28.4 Å². The Balaban J connectivity index is 2.18. The summed E-state index contributed by atoms with van der Waals surface area (Å²) in [6.07, 6.45) is 3.69. The first kappa shape index (κ1) is 20.3. The normalized spacial score (nSPS) is 15.6. The van der Waals surface area contributed by atoms with Crippen molar-refractivity contribution < 1.29 is 18.9 Å². The molecule has 0 atom stereocenters. The van der Waals surface area contributed by atoms with Crippen molar-refractivity contribution in [3.05, 3.63) is 48.5 Å². The van der Waals surface area contributed by atoms with E-state index < -0.39 is 8.07 Å². The van der Waals surface area contributed by atoms with Gasteiger partial charge in [-0.2, -0.15) is 0 Å². The summed E-state index contributed by atoms with van der Waals surface area (Å²) in [5.74, 6) is 3.29. The average Bonchev–Trinajstić information content (AvgIpc) is 2.78. The molecule has 1 aliphatic heterocycles. The second-order valence-electron chi connectivity index (χ2n) is 7.26. The summed E-state index contributed by atoms with van der Waals surface area (Å²) in [4.78, 5) is 0. The molecule has 28 heavy (non-hydrogen) atoms. The molecule has 0 N–H and O–H groups in total. The van der Waals surface area contributed by atoms with Gasteiger partial charge in [-0.05, 0) is 29.8 Å².